The van der Waals surface area contributed by atoms with Crippen LogP contribution in [0, 0.1) is 5.82 Å². The molecule has 0 aliphatic rings. The summed E-state index contributed by atoms with van der Waals surface area (Å²) in [4.78, 5) is 0. The molecule has 0 saturated heterocycles. The zero-order chi connectivity index (χ0) is 14.4. The molecular formula is C17H19BrFN. The van der Waals surface area contributed by atoms with Gasteiger partial charge in [-0.2, -0.15) is 0 Å². The third-order valence-corrected chi connectivity index (χ3v) is 3.66. The van der Waals surface area contributed by atoms with E-state index in [1.807, 2.05) is 24.3 Å². The predicted octanol–water partition coefficient (Wildman–Crippen LogP) is 4.87. The first-order valence-corrected chi connectivity index (χ1v) is 7.71. The first kappa shape index (κ1) is 15.2. The minimum absolute atomic E-state index is 0.198. The van der Waals surface area contributed by atoms with E-state index < -0.39 is 0 Å². The maximum absolute atomic E-state index is 13.5. The average molecular weight is 336 g/mol. The molecule has 1 unspecified atom stereocenters. The van der Waals surface area contributed by atoms with E-state index in [1.165, 1.54) is 11.6 Å². The molecule has 1 N–H and O–H groups in total. The van der Waals surface area contributed by atoms with Crippen molar-refractivity contribution in [2.75, 3.05) is 6.54 Å². The summed E-state index contributed by atoms with van der Waals surface area (Å²) in [5.74, 6) is -0.198. The molecule has 3 heteroatoms. The van der Waals surface area contributed by atoms with Gasteiger partial charge in [-0.3, -0.25) is 0 Å². The Bertz CT molecular complexity index is 522. The minimum Gasteiger partial charge on any atom is -0.310 e. The summed E-state index contributed by atoms with van der Waals surface area (Å²) in [6.07, 6.45) is 1.86. The van der Waals surface area contributed by atoms with Crippen LogP contribution in [0.25, 0.3) is 0 Å². The van der Waals surface area contributed by atoms with Gasteiger partial charge < -0.3 is 5.32 Å². The highest BCUT2D eigenvalue weighted by Gasteiger charge is 2.12. The summed E-state index contributed by atoms with van der Waals surface area (Å²) >= 11 is 3.35. The molecule has 0 aliphatic carbocycles. The Morgan fingerprint density at radius 3 is 2.55 bits per heavy atom. The molecule has 2 aromatic carbocycles. The van der Waals surface area contributed by atoms with Gasteiger partial charge in [0.1, 0.15) is 5.82 Å². The summed E-state index contributed by atoms with van der Waals surface area (Å²) in [5, 5.41) is 3.54. The zero-order valence-corrected chi connectivity index (χ0v) is 13.2. The maximum Gasteiger partial charge on any atom is 0.124 e. The van der Waals surface area contributed by atoms with Crippen molar-refractivity contribution in [1.29, 1.82) is 0 Å². The lowest BCUT2D eigenvalue weighted by atomic mass is 9.98. The van der Waals surface area contributed by atoms with Gasteiger partial charge in [0.25, 0.3) is 0 Å². The Morgan fingerprint density at radius 1 is 1.15 bits per heavy atom. The van der Waals surface area contributed by atoms with Gasteiger partial charge >= 0.3 is 0 Å². The highest BCUT2D eigenvalue weighted by molar-refractivity contribution is 9.10. The van der Waals surface area contributed by atoms with Gasteiger partial charge in [-0.15, -0.1) is 0 Å². The third kappa shape index (κ3) is 4.43. The molecule has 0 heterocycles. The van der Waals surface area contributed by atoms with Crippen LogP contribution in [0.5, 0.6) is 0 Å². The Hall–Kier alpha value is -1.19. The monoisotopic (exact) mass is 335 g/mol. The number of benzene rings is 2. The molecule has 1 atom stereocenters. The lowest BCUT2D eigenvalue weighted by Gasteiger charge is -2.19. The van der Waals surface area contributed by atoms with Gasteiger partial charge in [0.15, 0.2) is 0 Å². The van der Waals surface area contributed by atoms with E-state index in [0.29, 0.717) is 0 Å². The highest BCUT2D eigenvalue weighted by atomic mass is 79.9. The average Bonchev–Trinajstić information content (AvgIpc) is 2.43. The first-order chi connectivity index (χ1) is 9.69. The summed E-state index contributed by atoms with van der Waals surface area (Å²) < 4.78 is 14.3. The molecule has 106 valence electrons. The van der Waals surface area contributed by atoms with E-state index in [1.54, 1.807) is 6.07 Å². The van der Waals surface area contributed by atoms with Crippen LogP contribution in [0.4, 0.5) is 4.39 Å². The minimum atomic E-state index is -0.198. The second kappa shape index (κ2) is 7.55. The van der Waals surface area contributed by atoms with Crippen molar-refractivity contribution in [1.82, 2.24) is 5.32 Å². The van der Waals surface area contributed by atoms with Crippen molar-refractivity contribution >= 4 is 15.9 Å². The Kier molecular flexibility index (Phi) is 5.74. The summed E-state index contributed by atoms with van der Waals surface area (Å²) in [6, 6.07) is 15.6. The quantitative estimate of drug-likeness (QED) is 0.793. The van der Waals surface area contributed by atoms with Crippen molar-refractivity contribution < 1.29 is 4.39 Å². The van der Waals surface area contributed by atoms with Crippen LogP contribution in [0.15, 0.2) is 53.0 Å². The van der Waals surface area contributed by atoms with Crippen LogP contribution in [-0.2, 0) is 6.42 Å². The van der Waals surface area contributed by atoms with E-state index >= 15 is 0 Å². The standard InChI is InChI=1S/C17H19BrFN/c1-2-8-20-17(14-6-4-3-5-7-14)11-13-9-15(18)12-16(19)10-13/h3-7,9-10,12,17,20H,2,8,11H2,1H3. The number of hydrogen-bond acceptors (Lipinski definition) is 1. The topological polar surface area (TPSA) is 12.0 Å². The molecular weight excluding hydrogens is 317 g/mol. The summed E-state index contributed by atoms with van der Waals surface area (Å²) in [7, 11) is 0. The second-order valence-electron chi connectivity index (χ2n) is 4.90. The lowest BCUT2D eigenvalue weighted by Crippen LogP contribution is -2.24. The van der Waals surface area contributed by atoms with Crippen LogP contribution in [0.2, 0.25) is 0 Å². The second-order valence-corrected chi connectivity index (χ2v) is 5.81. The highest BCUT2D eigenvalue weighted by Crippen LogP contribution is 2.22. The molecule has 0 spiro atoms. The number of nitrogens with one attached hydrogen (secondary N) is 1. The Balaban J connectivity index is 2.19. The molecule has 20 heavy (non-hydrogen) atoms. The predicted molar refractivity (Wildman–Crippen MR) is 85.3 cm³/mol. The van der Waals surface area contributed by atoms with Crippen LogP contribution in [0.1, 0.15) is 30.5 Å². The van der Waals surface area contributed by atoms with E-state index in [4.69, 9.17) is 0 Å². The normalized spacial score (nSPS) is 12.3. The number of rotatable bonds is 6. The van der Waals surface area contributed by atoms with Gasteiger partial charge in [0.05, 0.1) is 0 Å². The van der Waals surface area contributed by atoms with Crippen molar-refractivity contribution in [3.8, 4) is 0 Å². The molecule has 1 nitrogen and oxygen atoms in total. The van der Waals surface area contributed by atoms with Gasteiger partial charge in [-0.1, -0.05) is 53.2 Å². The number of hydrogen-bond donors (Lipinski definition) is 1. The largest absolute Gasteiger partial charge is 0.310 e. The molecule has 0 aromatic heterocycles. The van der Waals surface area contributed by atoms with Crippen LogP contribution in [0.3, 0.4) is 0 Å². The van der Waals surface area contributed by atoms with Crippen molar-refractivity contribution in [2.45, 2.75) is 25.8 Å². The maximum atomic E-state index is 13.5. The van der Waals surface area contributed by atoms with Crippen LogP contribution in [-0.4, -0.2) is 6.54 Å². The molecule has 0 saturated carbocycles. The molecule has 0 aliphatic heterocycles. The van der Waals surface area contributed by atoms with Crippen LogP contribution < -0.4 is 5.32 Å². The zero-order valence-electron chi connectivity index (χ0n) is 11.6. The molecule has 2 rings (SSSR count). The molecule has 2 aromatic rings. The van der Waals surface area contributed by atoms with E-state index in [2.05, 4.69) is 40.3 Å². The summed E-state index contributed by atoms with van der Waals surface area (Å²) in [6.45, 7) is 3.10. The SMILES string of the molecule is CCCNC(Cc1cc(F)cc(Br)c1)c1ccccc1. The Morgan fingerprint density at radius 2 is 1.90 bits per heavy atom. The van der Waals surface area contributed by atoms with Gasteiger partial charge in [-0.05, 0) is 48.7 Å². The fraction of sp³-hybridized carbons (Fsp3) is 0.294. The third-order valence-electron chi connectivity index (χ3n) is 3.20. The van der Waals surface area contributed by atoms with E-state index in [-0.39, 0.29) is 11.9 Å². The van der Waals surface area contributed by atoms with Crippen LogP contribution >= 0.6 is 15.9 Å². The number of halogens is 2. The van der Waals surface area contributed by atoms with Crippen molar-refractivity contribution in [3.05, 3.63) is 69.9 Å². The fourth-order valence-corrected chi connectivity index (χ4v) is 2.79. The van der Waals surface area contributed by atoms with Gasteiger partial charge in [0.2, 0.25) is 0 Å². The Labute approximate surface area is 128 Å². The first-order valence-electron chi connectivity index (χ1n) is 6.92. The fourth-order valence-electron chi connectivity index (χ4n) is 2.28. The summed E-state index contributed by atoms with van der Waals surface area (Å²) in [5.41, 5.74) is 2.23. The van der Waals surface area contributed by atoms with Crippen molar-refractivity contribution in [2.24, 2.45) is 0 Å². The smallest absolute Gasteiger partial charge is 0.124 e. The van der Waals surface area contributed by atoms with E-state index in [0.717, 1.165) is 29.4 Å². The molecule has 0 amide bonds. The van der Waals surface area contributed by atoms with E-state index in [9.17, 15) is 4.39 Å². The lowest BCUT2D eigenvalue weighted by molar-refractivity contribution is 0.527. The van der Waals surface area contributed by atoms with Crippen molar-refractivity contribution in [3.63, 3.8) is 0 Å². The molecule has 0 radical (unpaired) electrons. The van der Waals surface area contributed by atoms with Gasteiger partial charge in [-0.25, -0.2) is 4.39 Å². The molecule has 0 fully saturated rings. The molecule has 0 bridgehead atoms. The van der Waals surface area contributed by atoms with Gasteiger partial charge in [0, 0.05) is 10.5 Å².